The molecule has 3 aromatic carbocycles. The largest absolute Gasteiger partial charge is 0.494 e. The maximum absolute atomic E-state index is 13.5. The molecule has 6 nitrogen and oxygen atoms in total. The average molecular weight is 457 g/mol. The fraction of sp³-hybridized carbons (Fsp3) is 0.148. The molecule has 0 saturated carbocycles. The second-order valence-corrected chi connectivity index (χ2v) is 7.65. The Morgan fingerprint density at radius 2 is 1.79 bits per heavy atom. The quantitative estimate of drug-likeness (QED) is 0.336. The molecule has 0 unspecified atom stereocenters. The molecule has 0 bridgehead atoms. The average Bonchev–Trinajstić information content (AvgIpc) is 2.87. The first kappa shape index (κ1) is 22.9. The Kier molecular flexibility index (Phi) is 7.45. The van der Waals surface area contributed by atoms with Gasteiger partial charge in [-0.2, -0.15) is 0 Å². The molecule has 4 rings (SSSR count). The molecular weight excluding hydrogens is 431 g/mol. The SMILES string of the molecule is CCCOc1ccc(CNC(=O)c2ccc(Nc3ccnc(-c4cccc(F)c4)n3)cc2)cc1. The maximum atomic E-state index is 13.5. The van der Waals surface area contributed by atoms with Crippen molar-refractivity contribution in [3.63, 3.8) is 0 Å². The van der Waals surface area contributed by atoms with Crippen LogP contribution in [-0.2, 0) is 6.54 Å². The molecule has 4 aromatic rings. The van der Waals surface area contributed by atoms with Gasteiger partial charge in [0.1, 0.15) is 17.4 Å². The summed E-state index contributed by atoms with van der Waals surface area (Å²) in [6, 6.07) is 22.7. The highest BCUT2D eigenvalue weighted by molar-refractivity contribution is 5.94. The van der Waals surface area contributed by atoms with Crippen LogP contribution in [0.4, 0.5) is 15.9 Å². The van der Waals surface area contributed by atoms with E-state index in [2.05, 4.69) is 27.5 Å². The van der Waals surface area contributed by atoms with Gasteiger partial charge in [-0.3, -0.25) is 4.79 Å². The highest BCUT2D eigenvalue weighted by atomic mass is 19.1. The number of benzene rings is 3. The van der Waals surface area contributed by atoms with E-state index in [1.807, 2.05) is 24.3 Å². The van der Waals surface area contributed by atoms with Crippen LogP contribution in [0.5, 0.6) is 5.75 Å². The summed E-state index contributed by atoms with van der Waals surface area (Å²) in [4.78, 5) is 21.2. The molecule has 0 aliphatic heterocycles. The Morgan fingerprint density at radius 1 is 1.00 bits per heavy atom. The number of nitrogens with one attached hydrogen (secondary N) is 2. The second-order valence-electron chi connectivity index (χ2n) is 7.65. The van der Waals surface area contributed by atoms with Gasteiger partial charge in [-0.1, -0.05) is 31.2 Å². The van der Waals surface area contributed by atoms with Gasteiger partial charge in [0, 0.05) is 29.6 Å². The third kappa shape index (κ3) is 6.16. The molecule has 0 radical (unpaired) electrons. The van der Waals surface area contributed by atoms with E-state index >= 15 is 0 Å². The summed E-state index contributed by atoms with van der Waals surface area (Å²) < 4.78 is 19.1. The summed E-state index contributed by atoms with van der Waals surface area (Å²) in [5.41, 5.74) is 2.91. The van der Waals surface area contributed by atoms with Gasteiger partial charge in [0.25, 0.3) is 5.91 Å². The van der Waals surface area contributed by atoms with E-state index in [0.717, 1.165) is 23.4 Å². The first-order valence-electron chi connectivity index (χ1n) is 11.1. The van der Waals surface area contributed by atoms with Crippen LogP contribution in [-0.4, -0.2) is 22.5 Å². The molecule has 1 amide bonds. The van der Waals surface area contributed by atoms with E-state index in [4.69, 9.17) is 4.74 Å². The summed E-state index contributed by atoms with van der Waals surface area (Å²) in [7, 11) is 0. The summed E-state index contributed by atoms with van der Waals surface area (Å²) in [6.45, 7) is 3.18. The number of amides is 1. The van der Waals surface area contributed by atoms with Crippen molar-refractivity contribution in [2.75, 3.05) is 11.9 Å². The normalized spacial score (nSPS) is 10.5. The van der Waals surface area contributed by atoms with E-state index in [-0.39, 0.29) is 11.7 Å². The molecule has 0 atom stereocenters. The molecule has 172 valence electrons. The van der Waals surface area contributed by atoms with E-state index in [9.17, 15) is 9.18 Å². The van der Waals surface area contributed by atoms with Gasteiger partial charge in [-0.25, -0.2) is 14.4 Å². The first-order chi connectivity index (χ1) is 16.6. The fourth-order valence-electron chi connectivity index (χ4n) is 3.26. The predicted molar refractivity (Wildman–Crippen MR) is 131 cm³/mol. The van der Waals surface area contributed by atoms with Gasteiger partial charge in [0.2, 0.25) is 0 Å². The number of ether oxygens (including phenoxy) is 1. The molecule has 34 heavy (non-hydrogen) atoms. The van der Waals surface area contributed by atoms with Crippen LogP contribution < -0.4 is 15.4 Å². The zero-order valence-corrected chi connectivity index (χ0v) is 18.8. The summed E-state index contributed by atoms with van der Waals surface area (Å²) >= 11 is 0. The van der Waals surface area contributed by atoms with Crippen molar-refractivity contribution in [1.29, 1.82) is 0 Å². The van der Waals surface area contributed by atoms with Crippen LogP contribution in [0.2, 0.25) is 0 Å². The number of hydrogen-bond donors (Lipinski definition) is 2. The summed E-state index contributed by atoms with van der Waals surface area (Å²) in [5.74, 6) is 1.31. The molecule has 2 N–H and O–H groups in total. The molecule has 1 heterocycles. The standard InChI is InChI=1S/C27H25FN4O2/c1-2-16-34-24-12-6-19(7-13-24)18-30-27(33)20-8-10-23(11-9-20)31-25-14-15-29-26(32-25)21-4-3-5-22(28)17-21/h3-15,17H,2,16,18H2,1H3,(H,30,33)(H,29,31,32). The van der Waals surface area contributed by atoms with Gasteiger partial charge in [-0.05, 0) is 66.6 Å². The Hall–Kier alpha value is -4.26. The molecule has 1 aromatic heterocycles. The summed E-state index contributed by atoms with van der Waals surface area (Å²) in [5, 5.41) is 6.11. The minimum atomic E-state index is -0.341. The molecule has 0 saturated heterocycles. The lowest BCUT2D eigenvalue weighted by atomic mass is 10.1. The maximum Gasteiger partial charge on any atom is 0.251 e. The molecule has 0 aliphatic rings. The number of halogens is 1. The topological polar surface area (TPSA) is 76.1 Å². The molecule has 0 fully saturated rings. The lowest BCUT2D eigenvalue weighted by molar-refractivity contribution is 0.0951. The van der Waals surface area contributed by atoms with Crippen LogP contribution in [0.3, 0.4) is 0 Å². The van der Waals surface area contributed by atoms with Gasteiger partial charge < -0.3 is 15.4 Å². The van der Waals surface area contributed by atoms with E-state index in [0.29, 0.717) is 35.9 Å². The minimum Gasteiger partial charge on any atom is -0.494 e. The Morgan fingerprint density at radius 3 is 2.53 bits per heavy atom. The molecule has 7 heteroatoms. The van der Waals surface area contributed by atoms with Crippen molar-refractivity contribution in [2.24, 2.45) is 0 Å². The molecule has 0 aliphatic carbocycles. The van der Waals surface area contributed by atoms with Crippen molar-refractivity contribution in [1.82, 2.24) is 15.3 Å². The first-order valence-corrected chi connectivity index (χ1v) is 11.1. The Balaban J connectivity index is 1.34. The van der Waals surface area contributed by atoms with Gasteiger partial charge >= 0.3 is 0 Å². The second kappa shape index (κ2) is 11.0. The van der Waals surface area contributed by atoms with Crippen LogP contribution in [0, 0.1) is 5.82 Å². The number of aromatic nitrogens is 2. The van der Waals surface area contributed by atoms with Crippen LogP contribution in [0.25, 0.3) is 11.4 Å². The zero-order valence-electron chi connectivity index (χ0n) is 18.8. The Labute approximate surface area is 197 Å². The van der Waals surface area contributed by atoms with Crippen molar-refractivity contribution in [3.05, 3.63) is 102 Å². The highest BCUT2D eigenvalue weighted by Crippen LogP contribution is 2.20. The number of carbonyl (C=O) groups is 1. The van der Waals surface area contributed by atoms with Crippen LogP contribution >= 0.6 is 0 Å². The van der Waals surface area contributed by atoms with Crippen molar-refractivity contribution in [2.45, 2.75) is 19.9 Å². The van der Waals surface area contributed by atoms with Crippen LogP contribution in [0.15, 0.2) is 85.1 Å². The zero-order chi connectivity index (χ0) is 23.8. The third-order valence-corrected chi connectivity index (χ3v) is 5.01. The van der Waals surface area contributed by atoms with Crippen molar-refractivity contribution < 1.29 is 13.9 Å². The minimum absolute atomic E-state index is 0.159. The van der Waals surface area contributed by atoms with E-state index in [1.165, 1.54) is 12.1 Å². The Bertz CT molecular complexity index is 1240. The van der Waals surface area contributed by atoms with Gasteiger partial charge in [0.05, 0.1) is 6.61 Å². The smallest absolute Gasteiger partial charge is 0.251 e. The van der Waals surface area contributed by atoms with Gasteiger partial charge in [-0.15, -0.1) is 0 Å². The molecule has 0 spiro atoms. The van der Waals surface area contributed by atoms with Crippen LogP contribution in [0.1, 0.15) is 29.3 Å². The predicted octanol–water partition coefficient (Wildman–Crippen LogP) is 5.75. The van der Waals surface area contributed by atoms with Crippen molar-refractivity contribution >= 4 is 17.4 Å². The number of anilines is 2. The lowest BCUT2D eigenvalue weighted by Crippen LogP contribution is -2.22. The van der Waals surface area contributed by atoms with Crippen molar-refractivity contribution in [3.8, 4) is 17.1 Å². The van der Waals surface area contributed by atoms with E-state index in [1.54, 1.807) is 48.7 Å². The van der Waals surface area contributed by atoms with E-state index < -0.39 is 0 Å². The number of nitrogens with zero attached hydrogens (tertiary/aromatic N) is 2. The number of carbonyl (C=O) groups excluding carboxylic acids is 1. The molecular formula is C27H25FN4O2. The monoisotopic (exact) mass is 456 g/mol. The van der Waals surface area contributed by atoms with Gasteiger partial charge in [0.15, 0.2) is 5.82 Å². The highest BCUT2D eigenvalue weighted by Gasteiger charge is 2.07. The lowest BCUT2D eigenvalue weighted by Gasteiger charge is -2.09. The summed E-state index contributed by atoms with van der Waals surface area (Å²) in [6.07, 6.45) is 2.57. The number of hydrogen-bond acceptors (Lipinski definition) is 5. The third-order valence-electron chi connectivity index (χ3n) is 5.01. The fourth-order valence-corrected chi connectivity index (χ4v) is 3.26. The number of rotatable bonds is 9.